The van der Waals surface area contributed by atoms with Crippen molar-refractivity contribution in [3.8, 4) is 11.8 Å². The van der Waals surface area contributed by atoms with E-state index in [1.807, 2.05) is 6.08 Å². The Hall–Kier alpha value is -3.07. The molecule has 2 aliphatic carbocycles. The first-order valence-electron chi connectivity index (χ1n) is 9.59. The number of allylic oxidation sites excluding steroid dienone is 1. The fourth-order valence-electron chi connectivity index (χ4n) is 4.46. The predicted molar refractivity (Wildman–Crippen MR) is 106 cm³/mol. The lowest BCUT2D eigenvalue weighted by molar-refractivity contribution is -0.116. The molecule has 0 fully saturated rings. The third kappa shape index (κ3) is 3.07. The first-order chi connectivity index (χ1) is 13.5. The van der Waals surface area contributed by atoms with Gasteiger partial charge in [-0.2, -0.15) is 0 Å². The number of hydrogen-bond acceptors (Lipinski definition) is 2. The van der Waals surface area contributed by atoms with Crippen LogP contribution in [0.5, 0.6) is 0 Å². The minimum atomic E-state index is -0.642. The fourth-order valence-corrected chi connectivity index (χ4v) is 4.46. The third-order valence-electron chi connectivity index (χ3n) is 5.58. The number of benzene rings is 1. The lowest BCUT2D eigenvalue weighted by Gasteiger charge is -2.23. The summed E-state index contributed by atoms with van der Waals surface area (Å²) >= 11 is 0. The summed E-state index contributed by atoms with van der Waals surface area (Å²) in [6.45, 7) is 1.61. The van der Waals surface area contributed by atoms with Gasteiger partial charge in [0.1, 0.15) is 5.82 Å². The Morgan fingerprint density at radius 3 is 2.86 bits per heavy atom. The molecule has 0 unspecified atom stereocenters. The van der Waals surface area contributed by atoms with Gasteiger partial charge in [0.2, 0.25) is 0 Å². The lowest BCUT2D eigenvalue weighted by atomic mass is 9.87. The Labute approximate surface area is 162 Å². The Morgan fingerprint density at radius 2 is 2.11 bits per heavy atom. The number of aromatic amines is 1. The number of primary amides is 1. The van der Waals surface area contributed by atoms with Crippen molar-refractivity contribution in [3.63, 3.8) is 0 Å². The number of hydrogen-bond donors (Lipinski definition) is 3. The number of H-pyrrole nitrogens is 1. The number of nitrogens with two attached hydrogens (primary N) is 1. The highest BCUT2D eigenvalue weighted by Gasteiger charge is 2.27. The first-order valence-corrected chi connectivity index (χ1v) is 9.59. The van der Waals surface area contributed by atoms with E-state index in [-0.39, 0.29) is 17.5 Å². The molecule has 1 atom stereocenters. The van der Waals surface area contributed by atoms with E-state index in [2.05, 4.69) is 22.1 Å². The normalized spacial score (nSPS) is 18.2. The van der Waals surface area contributed by atoms with E-state index in [4.69, 9.17) is 5.73 Å². The van der Waals surface area contributed by atoms with Crippen LogP contribution in [0.15, 0.2) is 12.1 Å². The van der Waals surface area contributed by atoms with Crippen molar-refractivity contribution in [2.45, 2.75) is 51.5 Å². The van der Waals surface area contributed by atoms with Gasteiger partial charge in [0, 0.05) is 22.7 Å². The van der Waals surface area contributed by atoms with Crippen LogP contribution in [0.4, 0.5) is 4.39 Å². The van der Waals surface area contributed by atoms with Crippen molar-refractivity contribution in [3.05, 3.63) is 40.3 Å². The van der Waals surface area contributed by atoms with Crippen LogP contribution in [0.25, 0.3) is 16.5 Å². The van der Waals surface area contributed by atoms with Crippen molar-refractivity contribution in [2.75, 3.05) is 0 Å². The van der Waals surface area contributed by atoms with Gasteiger partial charge in [-0.15, -0.1) is 0 Å². The van der Waals surface area contributed by atoms with Gasteiger partial charge in [-0.3, -0.25) is 9.59 Å². The van der Waals surface area contributed by atoms with E-state index in [1.165, 1.54) is 6.07 Å². The molecular weight excluding hydrogens is 357 g/mol. The second kappa shape index (κ2) is 7.16. The topological polar surface area (TPSA) is 88.0 Å². The average molecular weight is 379 g/mol. The maximum Gasteiger partial charge on any atom is 0.296 e. The van der Waals surface area contributed by atoms with Crippen LogP contribution in [0.2, 0.25) is 0 Å². The summed E-state index contributed by atoms with van der Waals surface area (Å²) < 4.78 is 15.2. The molecule has 0 saturated heterocycles. The molecule has 0 aliphatic heterocycles. The van der Waals surface area contributed by atoms with Crippen LogP contribution in [0.1, 0.15) is 59.8 Å². The van der Waals surface area contributed by atoms with Gasteiger partial charge < -0.3 is 16.0 Å². The van der Waals surface area contributed by atoms with Crippen LogP contribution in [-0.4, -0.2) is 22.8 Å². The summed E-state index contributed by atoms with van der Waals surface area (Å²) in [6, 6.07) is 1.05. The second-order valence-electron chi connectivity index (χ2n) is 7.37. The van der Waals surface area contributed by atoms with Gasteiger partial charge >= 0.3 is 0 Å². The summed E-state index contributed by atoms with van der Waals surface area (Å²) in [5, 5.41) is 3.64. The van der Waals surface area contributed by atoms with Gasteiger partial charge in [-0.05, 0) is 68.6 Å². The molecule has 1 aromatic heterocycles. The number of nitrogens with one attached hydrogen (secondary N) is 2. The Kier molecular flexibility index (Phi) is 4.68. The second-order valence-corrected chi connectivity index (χ2v) is 7.37. The molecule has 0 radical (unpaired) electrons. The molecule has 2 aromatic rings. The van der Waals surface area contributed by atoms with E-state index < -0.39 is 11.7 Å². The standard InChI is InChI=1S/C22H22FN3O2/c1-2-5-18(27)25-13-7-3-6-12(10-13)19-16(23)11-15(22(24)28)21-20(19)14-8-4-9-17(14)26-21/h10-11,13,26H,3-4,6-9H2,1H3,(H2,24,28)(H,25,27)/t13-/m0/s1. The van der Waals surface area contributed by atoms with Crippen molar-refractivity contribution in [2.24, 2.45) is 5.73 Å². The molecule has 1 aromatic carbocycles. The number of rotatable bonds is 3. The molecule has 144 valence electrons. The smallest absolute Gasteiger partial charge is 0.296 e. The zero-order valence-corrected chi connectivity index (χ0v) is 15.7. The highest BCUT2D eigenvalue weighted by atomic mass is 19.1. The molecule has 0 spiro atoms. The van der Waals surface area contributed by atoms with Gasteiger partial charge in [0.05, 0.1) is 11.1 Å². The first kappa shape index (κ1) is 18.3. The number of fused-ring (bicyclic) bond motifs is 3. The number of aryl methyl sites for hydroxylation is 2. The summed E-state index contributed by atoms with van der Waals surface area (Å²) in [7, 11) is 0. The van der Waals surface area contributed by atoms with Gasteiger partial charge in [0.25, 0.3) is 11.8 Å². The monoisotopic (exact) mass is 379 g/mol. The maximum atomic E-state index is 15.2. The summed E-state index contributed by atoms with van der Waals surface area (Å²) in [6.07, 6.45) is 7.01. The molecule has 28 heavy (non-hydrogen) atoms. The van der Waals surface area contributed by atoms with Crippen molar-refractivity contribution < 1.29 is 14.0 Å². The van der Waals surface area contributed by atoms with Crippen molar-refractivity contribution in [1.82, 2.24) is 10.3 Å². The molecule has 4 N–H and O–H groups in total. The van der Waals surface area contributed by atoms with Gasteiger partial charge in [-0.1, -0.05) is 12.0 Å². The maximum absolute atomic E-state index is 15.2. The Morgan fingerprint density at radius 1 is 1.29 bits per heavy atom. The molecule has 2 aliphatic rings. The number of aromatic nitrogens is 1. The summed E-state index contributed by atoms with van der Waals surface area (Å²) in [5.41, 5.74) is 9.83. The Balaban J connectivity index is 1.86. The van der Waals surface area contributed by atoms with Gasteiger partial charge in [0.15, 0.2) is 0 Å². The van der Waals surface area contributed by atoms with E-state index in [1.54, 1.807) is 6.92 Å². The van der Waals surface area contributed by atoms with Crippen LogP contribution in [0, 0.1) is 17.7 Å². The molecule has 5 nitrogen and oxygen atoms in total. The van der Waals surface area contributed by atoms with E-state index in [0.717, 1.165) is 54.3 Å². The van der Waals surface area contributed by atoms with E-state index >= 15 is 4.39 Å². The number of amides is 2. The minimum Gasteiger partial charge on any atom is -0.366 e. The van der Waals surface area contributed by atoms with Gasteiger partial charge in [-0.25, -0.2) is 4.39 Å². The molecular formula is C22H22FN3O2. The number of carbonyl (C=O) groups excluding carboxylic acids is 2. The zero-order valence-electron chi connectivity index (χ0n) is 15.7. The fraction of sp³-hybridized carbons (Fsp3) is 0.364. The number of halogens is 1. The summed E-state index contributed by atoms with van der Waals surface area (Å²) in [5.74, 6) is 3.65. The largest absolute Gasteiger partial charge is 0.366 e. The lowest BCUT2D eigenvalue weighted by Crippen LogP contribution is -2.33. The molecule has 4 rings (SSSR count). The summed E-state index contributed by atoms with van der Waals surface area (Å²) in [4.78, 5) is 27.0. The average Bonchev–Trinajstić information content (AvgIpc) is 3.23. The number of carbonyl (C=O) groups is 2. The van der Waals surface area contributed by atoms with Crippen LogP contribution < -0.4 is 11.1 Å². The zero-order chi connectivity index (χ0) is 19.8. The SMILES string of the molecule is CC#CC(=O)N[C@@H]1C=C(c2c(F)cc(C(N)=O)c3[nH]c4c(c23)CCC4)CCC1. The van der Waals surface area contributed by atoms with Crippen LogP contribution in [-0.2, 0) is 17.6 Å². The van der Waals surface area contributed by atoms with Crippen molar-refractivity contribution in [1.29, 1.82) is 0 Å². The molecule has 1 heterocycles. The molecule has 0 saturated carbocycles. The van der Waals surface area contributed by atoms with E-state index in [9.17, 15) is 9.59 Å². The predicted octanol–water partition coefficient (Wildman–Crippen LogP) is 2.97. The highest BCUT2D eigenvalue weighted by molar-refractivity contribution is 6.09. The van der Waals surface area contributed by atoms with E-state index in [0.29, 0.717) is 17.5 Å². The molecule has 0 bridgehead atoms. The minimum absolute atomic E-state index is 0.185. The highest BCUT2D eigenvalue weighted by Crippen LogP contribution is 2.40. The third-order valence-corrected chi connectivity index (χ3v) is 5.58. The van der Waals surface area contributed by atoms with Crippen molar-refractivity contribution >= 4 is 28.3 Å². The van der Waals surface area contributed by atoms with Crippen LogP contribution in [0.3, 0.4) is 0 Å². The molecule has 6 heteroatoms. The Bertz CT molecular complexity index is 1080. The quantitative estimate of drug-likeness (QED) is 0.716. The van der Waals surface area contributed by atoms with Crippen LogP contribution >= 0.6 is 0 Å². The molecule has 2 amide bonds.